The minimum atomic E-state index is 0.0519. The number of carbonyl (C=O) groups excluding carboxylic acids is 1. The summed E-state index contributed by atoms with van der Waals surface area (Å²) in [5.41, 5.74) is 7.10. The van der Waals surface area contributed by atoms with Gasteiger partial charge in [0, 0.05) is 32.4 Å². The number of hydrogen-bond donors (Lipinski definition) is 1. The number of hydrogen-bond acceptors (Lipinski definition) is 4. The Kier molecular flexibility index (Phi) is 4.55. The lowest BCUT2D eigenvalue weighted by Gasteiger charge is -2.15. The number of likely N-dealkylation sites (tertiary alicyclic amines) is 1. The van der Waals surface area contributed by atoms with Crippen LogP contribution < -0.4 is 5.73 Å². The Bertz CT molecular complexity index is 444. The maximum absolute atomic E-state index is 12.4. The van der Waals surface area contributed by atoms with Crippen molar-refractivity contribution in [3.05, 3.63) is 17.5 Å². The molecule has 1 atom stereocenters. The highest BCUT2D eigenvalue weighted by Gasteiger charge is 2.28. The first kappa shape index (κ1) is 14.0. The van der Waals surface area contributed by atoms with Gasteiger partial charge in [-0.05, 0) is 26.3 Å². The fourth-order valence-electron chi connectivity index (χ4n) is 2.40. The van der Waals surface area contributed by atoms with Gasteiger partial charge in [-0.3, -0.25) is 9.48 Å². The molecule has 0 aliphatic carbocycles. The zero-order valence-corrected chi connectivity index (χ0v) is 11.6. The van der Waals surface area contributed by atoms with E-state index in [0.717, 1.165) is 31.6 Å². The van der Waals surface area contributed by atoms with Crippen molar-refractivity contribution in [1.82, 2.24) is 14.7 Å². The minimum absolute atomic E-state index is 0.0519. The second kappa shape index (κ2) is 6.16. The van der Waals surface area contributed by atoms with E-state index in [1.807, 2.05) is 16.5 Å². The van der Waals surface area contributed by atoms with Crippen LogP contribution in [-0.2, 0) is 11.3 Å². The number of rotatable bonds is 5. The fraction of sp³-hybridized carbons (Fsp3) is 0.692. The van der Waals surface area contributed by atoms with Crippen LogP contribution in [0.5, 0.6) is 0 Å². The summed E-state index contributed by atoms with van der Waals surface area (Å²) in [6.07, 6.45) is 3.60. The Morgan fingerprint density at radius 2 is 2.42 bits per heavy atom. The van der Waals surface area contributed by atoms with Crippen LogP contribution in [0.4, 0.5) is 0 Å². The van der Waals surface area contributed by atoms with E-state index in [4.69, 9.17) is 10.5 Å². The molecule has 106 valence electrons. The van der Waals surface area contributed by atoms with Gasteiger partial charge in [-0.15, -0.1) is 0 Å². The predicted molar refractivity (Wildman–Crippen MR) is 72.0 cm³/mol. The number of nitrogens with two attached hydrogens (primary N) is 1. The number of ether oxygens (including phenoxy) is 1. The molecule has 0 saturated carbocycles. The highest BCUT2D eigenvalue weighted by atomic mass is 16.5. The standard InChI is InChI=1S/C13H22N4O2/c1-10-12(8-15-17(10)6-3-5-14)13(18)16-7-4-11(9-16)19-2/h8,11H,3-7,9,14H2,1-2H3. The predicted octanol–water partition coefficient (Wildman–Crippen LogP) is 0.401. The van der Waals surface area contributed by atoms with Crippen LogP contribution in [0, 0.1) is 6.92 Å². The maximum atomic E-state index is 12.4. The molecule has 6 heteroatoms. The van der Waals surface area contributed by atoms with Gasteiger partial charge in [0.25, 0.3) is 5.91 Å². The van der Waals surface area contributed by atoms with Gasteiger partial charge >= 0.3 is 0 Å². The summed E-state index contributed by atoms with van der Waals surface area (Å²) in [5, 5.41) is 4.27. The summed E-state index contributed by atoms with van der Waals surface area (Å²) in [6, 6.07) is 0. The van der Waals surface area contributed by atoms with Crippen LogP contribution in [0.2, 0.25) is 0 Å². The van der Waals surface area contributed by atoms with Crippen LogP contribution in [0.3, 0.4) is 0 Å². The first-order valence-electron chi connectivity index (χ1n) is 6.72. The third-order valence-corrected chi connectivity index (χ3v) is 3.67. The first-order chi connectivity index (χ1) is 9.17. The van der Waals surface area contributed by atoms with E-state index in [0.29, 0.717) is 18.7 Å². The van der Waals surface area contributed by atoms with Crippen molar-refractivity contribution in [3.8, 4) is 0 Å². The van der Waals surface area contributed by atoms with Crippen LogP contribution in [0.1, 0.15) is 28.9 Å². The number of amides is 1. The molecule has 1 aliphatic heterocycles. The van der Waals surface area contributed by atoms with Gasteiger partial charge < -0.3 is 15.4 Å². The van der Waals surface area contributed by atoms with Crippen molar-refractivity contribution in [3.63, 3.8) is 0 Å². The van der Waals surface area contributed by atoms with Crippen molar-refractivity contribution < 1.29 is 9.53 Å². The quantitative estimate of drug-likeness (QED) is 0.837. The molecule has 0 aromatic carbocycles. The zero-order valence-electron chi connectivity index (χ0n) is 11.6. The lowest BCUT2D eigenvalue weighted by atomic mass is 10.2. The average molecular weight is 266 g/mol. The van der Waals surface area contributed by atoms with Gasteiger partial charge in [0.15, 0.2) is 0 Å². The maximum Gasteiger partial charge on any atom is 0.257 e. The summed E-state index contributed by atoms with van der Waals surface area (Å²) in [5.74, 6) is 0.0519. The largest absolute Gasteiger partial charge is 0.380 e. The minimum Gasteiger partial charge on any atom is -0.380 e. The zero-order chi connectivity index (χ0) is 13.8. The number of carbonyl (C=O) groups is 1. The normalized spacial score (nSPS) is 19.1. The van der Waals surface area contributed by atoms with Crippen LogP contribution in [-0.4, -0.2) is 53.4 Å². The van der Waals surface area contributed by atoms with E-state index in [1.54, 1.807) is 13.3 Å². The molecule has 1 amide bonds. The summed E-state index contributed by atoms with van der Waals surface area (Å²) >= 11 is 0. The average Bonchev–Trinajstić information content (AvgIpc) is 3.03. The topological polar surface area (TPSA) is 73.4 Å². The highest BCUT2D eigenvalue weighted by Crippen LogP contribution is 2.17. The molecule has 1 aromatic heterocycles. The number of aromatic nitrogens is 2. The van der Waals surface area contributed by atoms with E-state index < -0.39 is 0 Å². The summed E-state index contributed by atoms with van der Waals surface area (Å²) < 4.78 is 7.14. The number of methoxy groups -OCH3 is 1. The molecule has 2 N–H and O–H groups in total. The molecule has 1 aromatic rings. The molecule has 0 radical (unpaired) electrons. The SMILES string of the molecule is COC1CCN(C(=O)c2cnn(CCCN)c2C)C1. The Balaban J connectivity index is 2.05. The molecular formula is C13H22N4O2. The lowest BCUT2D eigenvalue weighted by Crippen LogP contribution is -2.30. The molecule has 2 rings (SSSR count). The Hall–Kier alpha value is -1.40. The van der Waals surface area contributed by atoms with Gasteiger partial charge in [-0.25, -0.2) is 0 Å². The van der Waals surface area contributed by atoms with Crippen molar-refractivity contribution in [2.45, 2.75) is 32.4 Å². The highest BCUT2D eigenvalue weighted by molar-refractivity contribution is 5.95. The molecule has 0 bridgehead atoms. The van der Waals surface area contributed by atoms with Gasteiger partial charge in [0.1, 0.15) is 0 Å². The van der Waals surface area contributed by atoms with Crippen molar-refractivity contribution in [2.75, 3.05) is 26.7 Å². The van der Waals surface area contributed by atoms with E-state index >= 15 is 0 Å². The van der Waals surface area contributed by atoms with Crippen molar-refractivity contribution in [2.24, 2.45) is 5.73 Å². The second-order valence-electron chi connectivity index (χ2n) is 4.91. The van der Waals surface area contributed by atoms with Gasteiger partial charge in [-0.1, -0.05) is 0 Å². The van der Waals surface area contributed by atoms with Gasteiger partial charge in [-0.2, -0.15) is 5.10 Å². The molecule has 1 unspecified atom stereocenters. The van der Waals surface area contributed by atoms with E-state index in [2.05, 4.69) is 5.10 Å². The molecule has 6 nitrogen and oxygen atoms in total. The van der Waals surface area contributed by atoms with Crippen molar-refractivity contribution >= 4 is 5.91 Å². The van der Waals surface area contributed by atoms with Gasteiger partial charge in [0.2, 0.25) is 0 Å². The Morgan fingerprint density at radius 3 is 3.05 bits per heavy atom. The molecule has 1 fully saturated rings. The van der Waals surface area contributed by atoms with E-state index in [1.165, 1.54) is 0 Å². The summed E-state index contributed by atoms with van der Waals surface area (Å²) in [4.78, 5) is 14.2. The number of aryl methyl sites for hydroxylation is 1. The second-order valence-corrected chi connectivity index (χ2v) is 4.91. The van der Waals surface area contributed by atoms with Crippen molar-refractivity contribution in [1.29, 1.82) is 0 Å². The third-order valence-electron chi connectivity index (χ3n) is 3.67. The summed E-state index contributed by atoms with van der Waals surface area (Å²) in [7, 11) is 1.69. The first-order valence-corrected chi connectivity index (χ1v) is 6.72. The number of nitrogens with zero attached hydrogens (tertiary/aromatic N) is 3. The van der Waals surface area contributed by atoms with E-state index in [9.17, 15) is 4.79 Å². The van der Waals surface area contributed by atoms with Crippen LogP contribution in [0.25, 0.3) is 0 Å². The van der Waals surface area contributed by atoms with E-state index in [-0.39, 0.29) is 12.0 Å². The Morgan fingerprint density at radius 1 is 1.63 bits per heavy atom. The molecule has 2 heterocycles. The molecule has 19 heavy (non-hydrogen) atoms. The van der Waals surface area contributed by atoms with Gasteiger partial charge in [0.05, 0.1) is 17.9 Å². The van der Waals surface area contributed by atoms with Crippen LogP contribution in [0.15, 0.2) is 6.20 Å². The monoisotopic (exact) mass is 266 g/mol. The van der Waals surface area contributed by atoms with Crippen LogP contribution >= 0.6 is 0 Å². The fourth-order valence-corrected chi connectivity index (χ4v) is 2.40. The molecule has 1 aliphatic rings. The third kappa shape index (κ3) is 2.96. The smallest absolute Gasteiger partial charge is 0.257 e. The lowest BCUT2D eigenvalue weighted by molar-refractivity contribution is 0.0723. The molecular weight excluding hydrogens is 244 g/mol. The molecule has 0 spiro atoms. The Labute approximate surface area is 113 Å². The molecule has 1 saturated heterocycles. The summed E-state index contributed by atoms with van der Waals surface area (Å²) in [6.45, 7) is 4.74.